The molecule has 1 aliphatic carbocycles. The minimum Gasteiger partial charge on any atom is -0.480 e. The topological polar surface area (TPSA) is 140 Å². The fourth-order valence-corrected chi connectivity index (χ4v) is 6.02. The molecule has 1 N–H and O–H groups in total. The van der Waals surface area contributed by atoms with E-state index in [1.54, 1.807) is 24.3 Å². The van der Waals surface area contributed by atoms with E-state index in [1.165, 1.54) is 24.3 Å². The first-order chi connectivity index (χ1) is 24.0. The Morgan fingerprint density at radius 2 is 1.68 bits per heavy atom. The summed E-state index contributed by atoms with van der Waals surface area (Å²) in [5.74, 6) is 1.50. The van der Waals surface area contributed by atoms with Crippen LogP contribution in [0.2, 0.25) is 0 Å². The third kappa shape index (κ3) is 6.26. The van der Waals surface area contributed by atoms with Gasteiger partial charge >= 0.3 is 6.18 Å². The number of aromatic amines is 1. The third-order valence-corrected chi connectivity index (χ3v) is 8.83. The van der Waals surface area contributed by atoms with E-state index < -0.39 is 11.9 Å². The Hall–Kier alpha value is -5.73. The largest absolute Gasteiger partial charge is 0.480 e. The van der Waals surface area contributed by atoms with Gasteiger partial charge in [-0.15, -0.1) is 0 Å². The molecular weight excluding hydrogens is 649 g/mol. The third-order valence-electron chi connectivity index (χ3n) is 8.83. The molecule has 2 aromatic carbocycles. The number of ether oxygens (including phenoxy) is 1. The van der Waals surface area contributed by atoms with Gasteiger partial charge in [-0.2, -0.15) is 23.3 Å². The molecule has 4 aromatic heterocycles. The predicted molar refractivity (Wildman–Crippen MR) is 179 cm³/mol. The number of hydrogen-bond acceptors (Lipinski definition) is 10. The molecule has 0 saturated heterocycles. The molecule has 6 aromatic rings. The summed E-state index contributed by atoms with van der Waals surface area (Å²) in [6.45, 7) is 5.77. The van der Waals surface area contributed by atoms with Crippen molar-refractivity contribution in [3.63, 3.8) is 0 Å². The molecule has 1 saturated carbocycles. The smallest absolute Gasteiger partial charge is 0.434 e. The number of nitrogens with one attached hydrogen (secondary N) is 1. The van der Waals surface area contributed by atoms with Gasteiger partial charge in [0.2, 0.25) is 11.8 Å². The number of methoxy groups -OCH3 is 1. The maximum absolute atomic E-state index is 13.6. The molecule has 0 radical (unpaired) electrons. The molecule has 256 valence electrons. The molecule has 0 amide bonds. The molecule has 0 bridgehead atoms. The SMILES string of the molecule is COc1ncnc(C2CC2)c1-c1ncnc(N(Cc2n[nH]c(=O)c3ccccc23)[C@@H](C)c2ccc(-c3nc(C(F)(F)F)cn3C(C)C)cc2)n1. The van der Waals surface area contributed by atoms with E-state index in [0.29, 0.717) is 45.2 Å². The first-order valence-electron chi connectivity index (χ1n) is 16.1. The van der Waals surface area contributed by atoms with Crippen molar-refractivity contribution in [2.24, 2.45) is 0 Å². The predicted octanol–water partition coefficient (Wildman–Crippen LogP) is 6.68. The molecule has 0 aliphatic heterocycles. The van der Waals surface area contributed by atoms with Crippen LogP contribution in [0.5, 0.6) is 5.88 Å². The van der Waals surface area contributed by atoms with Gasteiger partial charge in [-0.25, -0.2) is 30.0 Å². The Bertz CT molecular complexity index is 2230. The van der Waals surface area contributed by atoms with Crippen LogP contribution in [-0.2, 0) is 12.7 Å². The van der Waals surface area contributed by atoms with E-state index in [1.807, 2.05) is 49.9 Å². The Balaban J connectivity index is 1.31. The first-order valence-corrected chi connectivity index (χ1v) is 16.1. The van der Waals surface area contributed by atoms with Gasteiger partial charge in [0, 0.05) is 29.1 Å². The average Bonchev–Trinajstić information content (AvgIpc) is 3.86. The Labute approximate surface area is 284 Å². The number of alkyl halides is 3. The van der Waals surface area contributed by atoms with Gasteiger partial charge in [-0.3, -0.25) is 4.79 Å². The van der Waals surface area contributed by atoms with Crippen molar-refractivity contribution >= 4 is 16.7 Å². The van der Waals surface area contributed by atoms with Crippen LogP contribution < -0.4 is 15.2 Å². The second kappa shape index (κ2) is 12.9. The average molecular weight is 683 g/mol. The van der Waals surface area contributed by atoms with E-state index in [9.17, 15) is 18.0 Å². The van der Waals surface area contributed by atoms with Crippen LogP contribution in [0.1, 0.15) is 74.3 Å². The molecule has 1 atom stereocenters. The molecule has 1 aliphatic rings. The zero-order valence-electron chi connectivity index (χ0n) is 27.7. The second-order valence-electron chi connectivity index (χ2n) is 12.4. The quantitative estimate of drug-likeness (QED) is 0.166. The van der Waals surface area contributed by atoms with Gasteiger partial charge in [-0.1, -0.05) is 42.5 Å². The molecular formula is C35H33F3N10O2. The molecule has 0 spiro atoms. The van der Waals surface area contributed by atoms with Crippen LogP contribution >= 0.6 is 0 Å². The van der Waals surface area contributed by atoms with E-state index >= 15 is 0 Å². The lowest BCUT2D eigenvalue weighted by atomic mass is 10.0. The number of hydrogen-bond donors (Lipinski definition) is 1. The second-order valence-corrected chi connectivity index (χ2v) is 12.4. The van der Waals surface area contributed by atoms with Crippen molar-refractivity contribution in [1.29, 1.82) is 0 Å². The molecule has 50 heavy (non-hydrogen) atoms. The zero-order chi connectivity index (χ0) is 35.2. The van der Waals surface area contributed by atoms with Gasteiger partial charge < -0.3 is 14.2 Å². The number of fused-ring (bicyclic) bond motifs is 1. The summed E-state index contributed by atoms with van der Waals surface area (Å²) in [6, 6.07) is 13.8. The number of benzene rings is 2. The van der Waals surface area contributed by atoms with E-state index in [4.69, 9.17) is 9.72 Å². The van der Waals surface area contributed by atoms with Crippen molar-refractivity contribution in [2.45, 2.75) is 64.3 Å². The zero-order valence-corrected chi connectivity index (χ0v) is 27.7. The number of aromatic nitrogens is 9. The van der Waals surface area contributed by atoms with Crippen LogP contribution in [0, 0.1) is 0 Å². The highest BCUT2D eigenvalue weighted by atomic mass is 19.4. The minimum absolute atomic E-state index is 0.189. The Kier molecular flexibility index (Phi) is 8.49. The molecule has 4 heterocycles. The summed E-state index contributed by atoms with van der Waals surface area (Å²) in [6.07, 6.45) is 1.35. The lowest BCUT2D eigenvalue weighted by molar-refractivity contribution is -0.140. The maximum Gasteiger partial charge on any atom is 0.434 e. The fourth-order valence-electron chi connectivity index (χ4n) is 6.02. The molecule has 12 nitrogen and oxygen atoms in total. The number of nitrogens with zero attached hydrogens (tertiary/aromatic N) is 9. The fraction of sp³-hybridized carbons (Fsp3) is 0.314. The number of imidazole rings is 1. The summed E-state index contributed by atoms with van der Waals surface area (Å²) in [7, 11) is 1.53. The maximum atomic E-state index is 13.6. The highest BCUT2D eigenvalue weighted by molar-refractivity contribution is 5.83. The normalized spacial score (nSPS) is 13.9. The summed E-state index contributed by atoms with van der Waals surface area (Å²) >= 11 is 0. The van der Waals surface area contributed by atoms with Gasteiger partial charge in [0.25, 0.3) is 5.56 Å². The summed E-state index contributed by atoms with van der Waals surface area (Å²) in [5, 5.41) is 8.18. The van der Waals surface area contributed by atoms with Gasteiger partial charge in [0.1, 0.15) is 24.0 Å². The standard InChI is InChI=1S/C35H33F3N10O2/c1-19(2)47-16-27(35(36,37)38)43-31(47)23-13-9-21(10-14-23)20(3)48(15-26-24-7-5-6-8-25(24)32(49)46-45-26)34-42-18-40-30(44-34)28-29(22-11-12-22)39-17-41-33(28)50-4/h5-10,13-14,16-20,22H,11-12,15H2,1-4H3,(H,46,49)/t20-/m0/s1. The Morgan fingerprint density at radius 1 is 0.960 bits per heavy atom. The lowest BCUT2D eigenvalue weighted by Gasteiger charge is -2.30. The van der Waals surface area contributed by atoms with Crippen molar-refractivity contribution in [3.8, 4) is 28.7 Å². The van der Waals surface area contributed by atoms with Crippen LogP contribution in [-0.4, -0.2) is 51.8 Å². The van der Waals surface area contributed by atoms with Crippen molar-refractivity contribution < 1.29 is 17.9 Å². The number of halogens is 3. The van der Waals surface area contributed by atoms with E-state index in [-0.39, 0.29) is 35.9 Å². The summed E-state index contributed by atoms with van der Waals surface area (Å²) < 4.78 is 47.9. The molecule has 0 unspecified atom stereocenters. The number of rotatable bonds is 10. The van der Waals surface area contributed by atoms with Gasteiger partial charge in [-0.05, 0) is 45.2 Å². The minimum atomic E-state index is -4.57. The lowest BCUT2D eigenvalue weighted by Crippen LogP contribution is -2.29. The summed E-state index contributed by atoms with van der Waals surface area (Å²) in [5.41, 5.74) is 2.11. The highest BCUT2D eigenvalue weighted by Gasteiger charge is 2.35. The van der Waals surface area contributed by atoms with Crippen LogP contribution in [0.25, 0.3) is 33.5 Å². The number of H-pyrrole nitrogens is 1. The van der Waals surface area contributed by atoms with Gasteiger partial charge in [0.05, 0.1) is 36.5 Å². The number of anilines is 1. The van der Waals surface area contributed by atoms with E-state index in [0.717, 1.165) is 30.3 Å². The molecule has 7 rings (SSSR count). The van der Waals surface area contributed by atoms with Crippen molar-refractivity contribution in [2.75, 3.05) is 12.0 Å². The highest BCUT2D eigenvalue weighted by Crippen LogP contribution is 2.45. The Morgan fingerprint density at radius 3 is 2.36 bits per heavy atom. The summed E-state index contributed by atoms with van der Waals surface area (Å²) in [4.78, 5) is 41.3. The molecule has 15 heteroatoms. The first kappa shape index (κ1) is 32.8. The monoisotopic (exact) mass is 682 g/mol. The molecule has 1 fully saturated rings. The van der Waals surface area contributed by atoms with Crippen LogP contribution in [0.4, 0.5) is 19.1 Å². The van der Waals surface area contributed by atoms with E-state index in [2.05, 4.69) is 35.1 Å². The van der Waals surface area contributed by atoms with Crippen molar-refractivity contribution in [1.82, 2.24) is 44.7 Å². The van der Waals surface area contributed by atoms with Gasteiger partial charge in [0.15, 0.2) is 11.5 Å². The van der Waals surface area contributed by atoms with Crippen LogP contribution in [0.3, 0.4) is 0 Å². The van der Waals surface area contributed by atoms with Crippen LogP contribution in [0.15, 0.2) is 72.2 Å². The van der Waals surface area contributed by atoms with Crippen molar-refractivity contribution in [3.05, 3.63) is 100 Å².